The lowest BCUT2D eigenvalue weighted by atomic mass is 9.78. The third-order valence-corrected chi connectivity index (χ3v) is 5.12. The lowest BCUT2D eigenvalue weighted by Gasteiger charge is -2.48. The molecule has 3 nitrogen and oxygen atoms in total. The summed E-state index contributed by atoms with van der Waals surface area (Å²) < 4.78 is 5.52. The van der Waals surface area contributed by atoms with E-state index in [9.17, 15) is 0 Å². The summed E-state index contributed by atoms with van der Waals surface area (Å²) >= 11 is 0. The molecule has 0 unspecified atom stereocenters. The van der Waals surface area contributed by atoms with Gasteiger partial charge in [-0.05, 0) is 57.4 Å². The van der Waals surface area contributed by atoms with Crippen molar-refractivity contribution in [2.75, 3.05) is 20.2 Å². The summed E-state index contributed by atoms with van der Waals surface area (Å²) in [6, 6.07) is 0.821. The SMILES string of the molecule is COC1CCC(CN)(N(CCC(C)C)C2CC2)CC1. The van der Waals surface area contributed by atoms with Gasteiger partial charge in [0.2, 0.25) is 0 Å². The summed E-state index contributed by atoms with van der Waals surface area (Å²) in [5.41, 5.74) is 6.48. The third kappa shape index (κ3) is 3.71. The summed E-state index contributed by atoms with van der Waals surface area (Å²) in [4.78, 5) is 2.78. The van der Waals surface area contributed by atoms with Gasteiger partial charge in [0.05, 0.1) is 6.10 Å². The molecule has 0 radical (unpaired) electrons. The van der Waals surface area contributed by atoms with Crippen LogP contribution in [0.4, 0.5) is 0 Å². The summed E-state index contributed by atoms with van der Waals surface area (Å²) in [6.45, 7) is 6.69. The molecule has 2 saturated carbocycles. The van der Waals surface area contributed by atoms with Crippen molar-refractivity contribution in [3.8, 4) is 0 Å². The molecule has 0 heterocycles. The molecule has 0 amide bonds. The predicted octanol–water partition coefficient (Wildman–Crippen LogP) is 2.78. The molecule has 0 bridgehead atoms. The van der Waals surface area contributed by atoms with E-state index in [1.807, 2.05) is 7.11 Å². The van der Waals surface area contributed by atoms with Crippen molar-refractivity contribution < 1.29 is 4.74 Å². The van der Waals surface area contributed by atoms with Crippen molar-refractivity contribution in [2.24, 2.45) is 11.7 Å². The molecule has 0 atom stereocenters. The molecule has 0 aliphatic heterocycles. The van der Waals surface area contributed by atoms with Gasteiger partial charge in [0, 0.05) is 25.2 Å². The van der Waals surface area contributed by atoms with Gasteiger partial charge < -0.3 is 10.5 Å². The zero-order valence-corrected chi connectivity index (χ0v) is 13.0. The van der Waals surface area contributed by atoms with Gasteiger partial charge in [0.25, 0.3) is 0 Å². The van der Waals surface area contributed by atoms with Gasteiger partial charge in [-0.2, -0.15) is 0 Å². The molecule has 2 aliphatic carbocycles. The van der Waals surface area contributed by atoms with Crippen molar-refractivity contribution in [1.82, 2.24) is 4.90 Å². The predicted molar refractivity (Wildman–Crippen MR) is 80.2 cm³/mol. The van der Waals surface area contributed by atoms with Gasteiger partial charge >= 0.3 is 0 Å². The van der Waals surface area contributed by atoms with Gasteiger partial charge in [-0.15, -0.1) is 0 Å². The van der Waals surface area contributed by atoms with Crippen molar-refractivity contribution in [2.45, 2.75) is 76.5 Å². The fraction of sp³-hybridized carbons (Fsp3) is 1.00. The Labute approximate surface area is 118 Å². The van der Waals surface area contributed by atoms with Crippen LogP contribution in [0.2, 0.25) is 0 Å². The number of hydrogen-bond donors (Lipinski definition) is 1. The Bertz CT molecular complexity index is 268. The number of methoxy groups -OCH3 is 1. The summed E-state index contributed by atoms with van der Waals surface area (Å²) in [7, 11) is 1.84. The van der Waals surface area contributed by atoms with Crippen LogP contribution in [0.3, 0.4) is 0 Å². The molecule has 0 aromatic heterocycles. The van der Waals surface area contributed by atoms with Gasteiger partial charge in [-0.3, -0.25) is 4.90 Å². The highest BCUT2D eigenvalue weighted by molar-refractivity contribution is 5.01. The van der Waals surface area contributed by atoms with E-state index >= 15 is 0 Å². The van der Waals surface area contributed by atoms with Crippen molar-refractivity contribution >= 4 is 0 Å². The maximum Gasteiger partial charge on any atom is 0.0572 e. The lowest BCUT2D eigenvalue weighted by Crippen LogP contribution is -2.57. The lowest BCUT2D eigenvalue weighted by molar-refractivity contribution is -0.0125. The highest BCUT2D eigenvalue weighted by Gasteiger charge is 2.45. The Balaban J connectivity index is 2.00. The molecule has 0 spiro atoms. The largest absolute Gasteiger partial charge is 0.381 e. The number of ether oxygens (including phenoxy) is 1. The number of hydrogen-bond acceptors (Lipinski definition) is 3. The van der Waals surface area contributed by atoms with Gasteiger partial charge in [-0.1, -0.05) is 13.8 Å². The van der Waals surface area contributed by atoms with E-state index in [0.717, 1.165) is 18.5 Å². The van der Waals surface area contributed by atoms with Crippen molar-refractivity contribution in [3.05, 3.63) is 0 Å². The first-order chi connectivity index (χ1) is 9.11. The Morgan fingerprint density at radius 3 is 2.26 bits per heavy atom. The second kappa shape index (κ2) is 6.55. The van der Waals surface area contributed by atoms with Crippen LogP contribution in [0.5, 0.6) is 0 Å². The zero-order chi connectivity index (χ0) is 13.9. The summed E-state index contributed by atoms with van der Waals surface area (Å²) in [5, 5.41) is 0. The van der Waals surface area contributed by atoms with Gasteiger partial charge in [0.1, 0.15) is 0 Å². The molecule has 0 aromatic rings. The maximum atomic E-state index is 6.22. The zero-order valence-electron chi connectivity index (χ0n) is 13.0. The molecule has 112 valence electrons. The first kappa shape index (κ1) is 15.3. The van der Waals surface area contributed by atoms with Crippen LogP contribution < -0.4 is 5.73 Å². The van der Waals surface area contributed by atoms with E-state index in [0.29, 0.717) is 6.10 Å². The third-order valence-electron chi connectivity index (χ3n) is 5.12. The Morgan fingerprint density at radius 1 is 1.21 bits per heavy atom. The van der Waals surface area contributed by atoms with Gasteiger partial charge in [-0.25, -0.2) is 0 Å². The minimum Gasteiger partial charge on any atom is -0.381 e. The molecular formula is C16H32N2O. The van der Waals surface area contributed by atoms with Crippen LogP contribution in [-0.4, -0.2) is 42.8 Å². The monoisotopic (exact) mass is 268 g/mol. The average molecular weight is 268 g/mol. The fourth-order valence-corrected chi connectivity index (χ4v) is 3.56. The summed E-state index contributed by atoms with van der Waals surface area (Å²) in [5.74, 6) is 0.784. The van der Waals surface area contributed by atoms with Crippen LogP contribution in [0.25, 0.3) is 0 Å². The average Bonchev–Trinajstić information content (AvgIpc) is 3.24. The number of nitrogens with two attached hydrogens (primary N) is 1. The normalized spacial score (nSPS) is 32.2. The molecule has 2 fully saturated rings. The molecule has 3 heteroatoms. The molecule has 0 saturated heterocycles. The topological polar surface area (TPSA) is 38.5 Å². The molecule has 19 heavy (non-hydrogen) atoms. The first-order valence-corrected chi connectivity index (χ1v) is 8.11. The van der Waals surface area contributed by atoms with Crippen LogP contribution in [0.15, 0.2) is 0 Å². The fourth-order valence-electron chi connectivity index (χ4n) is 3.56. The van der Waals surface area contributed by atoms with E-state index in [2.05, 4.69) is 18.7 Å². The van der Waals surface area contributed by atoms with E-state index in [-0.39, 0.29) is 5.54 Å². The van der Waals surface area contributed by atoms with E-state index in [1.165, 1.54) is 51.5 Å². The van der Waals surface area contributed by atoms with Crippen LogP contribution >= 0.6 is 0 Å². The summed E-state index contributed by atoms with van der Waals surface area (Å²) in [6.07, 6.45) is 9.32. The first-order valence-electron chi connectivity index (χ1n) is 8.11. The van der Waals surface area contributed by atoms with Crippen LogP contribution in [0, 0.1) is 5.92 Å². The smallest absolute Gasteiger partial charge is 0.0572 e. The van der Waals surface area contributed by atoms with E-state index < -0.39 is 0 Å². The molecular weight excluding hydrogens is 236 g/mol. The Kier molecular flexibility index (Phi) is 5.27. The number of nitrogens with zero attached hydrogens (tertiary/aromatic N) is 1. The van der Waals surface area contributed by atoms with E-state index in [1.54, 1.807) is 0 Å². The van der Waals surface area contributed by atoms with Crippen molar-refractivity contribution in [1.29, 1.82) is 0 Å². The molecule has 2 N–H and O–H groups in total. The highest BCUT2D eigenvalue weighted by Crippen LogP contribution is 2.41. The standard InChI is InChI=1S/C16H32N2O/c1-13(2)8-11-18(14-4-5-14)16(12-17)9-6-15(19-3)7-10-16/h13-15H,4-12,17H2,1-3H3. The molecule has 2 rings (SSSR count). The van der Waals surface area contributed by atoms with Gasteiger partial charge in [0.15, 0.2) is 0 Å². The quantitative estimate of drug-likeness (QED) is 0.771. The second-order valence-corrected chi connectivity index (χ2v) is 6.97. The van der Waals surface area contributed by atoms with Crippen LogP contribution in [0.1, 0.15) is 58.8 Å². The minimum absolute atomic E-state index is 0.269. The van der Waals surface area contributed by atoms with Crippen LogP contribution in [-0.2, 0) is 4.74 Å². The molecule has 0 aromatic carbocycles. The Morgan fingerprint density at radius 2 is 1.84 bits per heavy atom. The highest BCUT2D eigenvalue weighted by atomic mass is 16.5. The van der Waals surface area contributed by atoms with E-state index in [4.69, 9.17) is 10.5 Å². The minimum atomic E-state index is 0.269. The maximum absolute atomic E-state index is 6.22. The van der Waals surface area contributed by atoms with Crippen molar-refractivity contribution in [3.63, 3.8) is 0 Å². The Hall–Kier alpha value is -0.120. The second-order valence-electron chi connectivity index (χ2n) is 6.97. The molecule has 2 aliphatic rings. The number of rotatable bonds is 7.